The Balaban J connectivity index is 0.00000729. The first-order valence-electron chi connectivity index (χ1n) is 9.81. The number of hydrogen-bond acceptors (Lipinski definition) is 3. The van der Waals surface area contributed by atoms with Crippen molar-refractivity contribution in [2.75, 3.05) is 40.3 Å². The topological polar surface area (TPSA) is 66.0 Å². The first-order chi connectivity index (χ1) is 12.9. The van der Waals surface area contributed by atoms with Crippen LogP contribution in [0.15, 0.2) is 35.3 Å². The summed E-state index contributed by atoms with van der Waals surface area (Å²) >= 11 is 0. The van der Waals surface area contributed by atoms with Crippen LogP contribution in [0, 0.1) is 5.92 Å². The van der Waals surface area contributed by atoms with E-state index in [1.165, 1.54) is 5.56 Å². The molecule has 160 valence electrons. The van der Waals surface area contributed by atoms with Gasteiger partial charge in [0.2, 0.25) is 5.91 Å². The second kappa shape index (κ2) is 15.6. The molecule has 0 aliphatic heterocycles. The summed E-state index contributed by atoms with van der Waals surface area (Å²) in [6.45, 7) is 8.71. The summed E-state index contributed by atoms with van der Waals surface area (Å²) in [6, 6.07) is 10.3. The molecule has 0 radical (unpaired) electrons. The van der Waals surface area contributed by atoms with Crippen LogP contribution in [0.25, 0.3) is 0 Å². The Labute approximate surface area is 187 Å². The van der Waals surface area contributed by atoms with E-state index in [2.05, 4.69) is 41.6 Å². The maximum atomic E-state index is 11.8. The lowest BCUT2D eigenvalue weighted by Crippen LogP contribution is -2.41. The summed E-state index contributed by atoms with van der Waals surface area (Å²) in [7, 11) is 3.48. The summed E-state index contributed by atoms with van der Waals surface area (Å²) in [5, 5.41) is 6.66. The molecule has 0 aliphatic rings. The van der Waals surface area contributed by atoms with Gasteiger partial charge in [0.15, 0.2) is 5.96 Å². The fraction of sp³-hybridized carbons (Fsp3) is 0.619. The highest BCUT2D eigenvalue weighted by molar-refractivity contribution is 14.0. The van der Waals surface area contributed by atoms with Gasteiger partial charge in [0.25, 0.3) is 0 Å². The Morgan fingerprint density at radius 3 is 2.36 bits per heavy atom. The largest absolute Gasteiger partial charge is 0.378 e. The smallest absolute Gasteiger partial charge is 0.243 e. The summed E-state index contributed by atoms with van der Waals surface area (Å²) < 4.78 is 5.79. The average Bonchev–Trinajstić information content (AvgIpc) is 2.65. The molecule has 1 amide bonds. The molecule has 7 heteroatoms. The molecule has 0 saturated heterocycles. The molecule has 0 aromatic heterocycles. The zero-order valence-electron chi connectivity index (χ0n) is 17.9. The van der Waals surface area contributed by atoms with Crippen molar-refractivity contribution in [3.8, 4) is 0 Å². The Morgan fingerprint density at radius 1 is 1.14 bits per heavy atom. The SMILES string of the molecule is CCOC(CCNC(=NCC(=O)N(C)C)NCCc1ccccc1)C(C)C.I. The number of carbonyl (C=O) groups excluding carboxylic acids is 1. The molecule has 1 rings (SSSR count). The Kier molecular flexibility index (Phi) is 14.8. The van der Waals surface area contributed by atoms with Crippen LogP contribution in [0.5, 0.6) is 0 Å². The molecular weight excluding hydrogens is 467 g/mol. The first-order valence-corrected chi connectivity index (χ1v) is 9.81. The van der Waals surface area contributed by atoms with Gasteiger partial charge in [-0.05, 0) is 31.2 Å². The lowest BCUT2D eigenvalue weighted by molar-refractivity contribution is -0.127. The van der Waals surface area contributed by atoms with E-state index in [-0.39, 0.29) is 42.5 Å². The molecule has 0 fully saturated rings. The molecule has 0 aliphatic carbocycles. The van der Waals surface area contributed by atoms with Gasteiger partial charge in [-0.3, -0.25) is 4.79 Å². The van der Waals surface area contributed by atoms with E-state index in [0.29, 0.717) is 11.9 Å². The van der Waals surface area contributed by atoms with Gasteiger partial charge in [0.1, 0.15) is 6.54 Å². The summed E-state index contributed by atoms with van der Waals surface area (Å²) in [5.74, 6) is 1.11. The second-order valence-electron chi connectivity index (χ2n) is 7.07. The molecule has 28 heavy (non-hydrogen) atoms. The Morgan fingerprint density at radius 2 is 1.79 bits per heavy atom. The molecule has 0 saturated carbocycles. The van der Waals surface area contributed by atoms with Crippen molar-refractivity contribution >= 4 is 35.8 Å². The van der Waals surface area contributed by atoms with Gasteiger partial charge < -0.3 is 20.3 Å². The highest BCUT2D eigenvalue weighted by Crippen LogP contribution is 2.09. The van der Waals surface area contributed by atoms with Gasteiger partial charge >= 0.3 is 0 Å². The lowest BCUT2D eigenvalue weighted by Gasteiger charge is -2.21. The number of hydrogen-bond donors (Lipinski definition) is 2. The maximum absolute atomic E-state index is 11.8. The van der Waals surface area contributed by atoms with Crippen LogP contribution in [-0.2, 0) is 16.0 Å². The van der Waals surface area contributed by atoms with Crippen LogP contribution in [0.2, 0.25) is 0 Å². The van der Waals surface area contributed by atoms with E-state index in [0.717, 1.165) is 32.5 Å². The van der Waals surface area contributed by atoms with Crippen LogP contribution in [0.3, 0.4) is 0 Å². The quantitative estimate of drug-likeness (QED) is 0.277. The van der Waals surface area contributed by atoms with Crippen LogP contribution < -0.4 is 10.6 Å². The molecule has 1 unspecified atom stereocenters. The minimum Gasteiger partial charge on any atom is -0.378 e. The van der Waals surface area contributed by atoms with Crippen LogP contribution in [0.4, 0.5) is 0 Å². The summed E-state index contributed by atoms with van der Waals surface area (Å²) in [5.41, 5.74) is 1.27. The van der Waals surface area contributed by atoms with Crippen molar-refractivity contribution in [1.29, 1.82) is 0 Å². The van der Waals surface area contributed by atoms with Gasteiger partial charge in [0, 0.05) is 33.8 Å². The fourth-order valence-electron chi connectivity index (χ4n) is 2.59. The van der Waals surface area contributed by atoms with E-state index in [4.69, 9.17) is 4.74 Å². The third-order valence-corrected chi connectivity index (χ3v) is 4.27. The van der Waals surface area contributed by atoms with Crippen LogP contribution in [-0.4, -0.2) is 63.2 Å². The van der Waals surface area contributed by atoms with E-state index in [9.17, 15) is 4.79 Å². The normalized spacial score (nSPS) is 12.3. The van der Waals surface area contributed by atoms with Crippen molar-refractivity contribution in [3.63, 3.8) is 0 Å². The van der Waals surface area contributed by atoms with Crippen molar-refractivity contribution in [2.24, 2.45) is 10.9 Å². The maximum Gasteiger partial charge on any atom is 0.243 e. The van der Waals surface area contributed by atoms with Gasteiger partial charge in [-0.1, -0.05) is 44.2 Å². The first kappa shape index (κ1) is 26.6. The molecule has 0 spiro atoms. The zero-order chi connectivity index (χ0) is 20.1. The minimum atomic E-state index is -0.0199. The number of halogens is 1. The van der Waals surface area contributed by atoms with Crippen molar-refractivity contribution < 1.29 is 9.53 Å². The van der Waals surface area contributed by atoms with Crippen molar-refractivity contribution in [2.45, 2.75) is 39.7 Å². The van der Waals surface area contributed by atoms with Gasteiger partial charge in [-0.15, -0.1) is 24.0 Å². The van der Waals surface area contributed by atoms with Crippen LogP contribution >= 0.6 is 24.0 Å². The third-order valence-electron chi connectivity index (χ3n) is 4.27. The number of nitrogens with zero attached hydrogens (tertiary/aromatic N) is 2. The highest BCUT2D eigenvalue weighted by Gasteiger charge is 2.13. The monoisotopic (exact) mass is 504 g/mol. The molecular formula is C21H37IN4O2. The zero-order valence-corrected chi connectivity index (χ0v) is 20.2. The fourth-order valence-corrected chi connectivity index (χ4v) is 2.59. The summed E-state index contributed by atoms with van der Waals surface area (Å²) in [6.07, 6.45) is 2.01. The number of amides is 1. The van der Waals surface area contributed by atoms with Gasteiger partial charge in [-0.2, -0.15) is 0 Å². The molecule has 1 atom stereocenters. The van der Waals surface area contributed by atoms with E-state index >= 15 is 0 Å². The second-order valence-corrected chi connectivity index (χ2v) is 7.07. The number of likely N-dealkylation sites (N-methyl/N-ethyl adjacent to an activating group) is 1. The molecule has 6 nitrogen and oxygen atoms in total. The molecule has 0 heterocycles. The number of guanidine groups is 1. The van der Waals surface area contributed by atoms with Crippen molar-refractivity contribution in [1.82, 2.24) is 15.5 Å². The predicted molar refractivity (Wildman–Crippen MR) is 127 cm³/mol. The standard InChI is InChI=1S/C21H36N4O2.HI/c1-6-27-19(17(2)3)13-15-23-21(24-16-20(26)25(4)5)22-14-12-18-10-8-7-9-11-18;/h7-11,17,19H,6,12-16H2,1-5H3,(H2,22,23,24);1H. The number of ether oxygens (including phenoxy) is 1. The van der Waals surface area contributed by atoms with E-state index in [1.807, 2.05) is 25.1 Å². The third kappa shape index (κ3) is 11.5. The van der Waals surface area contributed by atoms with Crippen LogP contribution in [0.1, 0.15) is 32.8 Å². The molecule has 2 N–H and O–H groups in total. The number of carbonyl (C=O) groups is 1. The molecule has 0 bridgehead atoms. The highest BCUT2D eigenvalue weighted by atomic mass is 127. The van der Waals surface area contributed by atoms with E-state index < -0.39 is 0 Å². The minimum absolute atomic E-state index is 0. The number of rotatable bonds is 11. The lowest BCUT2D eigenvalue weighted by atomic mass is 10.0. The Hall–Kier alpha value is -1.35. The Bertz CT molecular complexity index is 565. The number of benzene rings is 1. The van der Waals surface area contributed by atoms with E-state index in [1.54, 1.807) is 19.0 Å². The molecule has 1 aromatic rings. The van der Waals surface area contributed by atoms with Crippen molar-refractivity contribution in [3.05, 3.63) is 35.9 Å². The van der Waals surface area contributed by atoms with Gasteiger partial charge in [-0.25, -0.2) is 4.99 Å². The average molecular weight is 504 g/mol. The number of nitrogens with one attached hydrogen (secondary N) is 2. The predicted octanol–water partition coefficient (Wildman–Crippen LogP) is 2.92. The van der Waals surface area contributed by atoms with Gasteiger partial charge in [0.05, 0.1) is 6.10 Å². The molecule has 1 aromatic carbocycles. The number of aliphatic imine (C=N–C) groups is 1. The summed E-state index contributed by atoms with van der Waals surface area (Å²) in [4.78, 5) is 17.8.